The first-order chi connectivity index (χ1) is 19.7. The van der Waals surface area contributed by atoms with Gasteiger partial charge in [0.15, 0.2) is 5.82 Å². The Morgan fingerprint density at radius 1 is 1.12 bits per heavy atom. The van der Waals surface area contributed by atoms with Crippen LogP contribution in [0.1, 0.15) is 35.8 Å². The number of aromatic nitrogens is 5. The third-order valence-corrected chi connectivity index (χ3v) is 6.15. The molecule has 5 aromatic rings. The first-order valence-electron chi connectivity index (χ1n) is 12.4. The number of anilines is 3. The molecule has 42 heavy (non-hydrogen) atoms. The van der Waals surface area contributed by atoms with Gasteiger partial charge in [-0.15, -0.1) is 5.10 Å². The Kier molecular flexibility index (Phi) is 8.04. The number of carboxylic acid groups (broad SMARTS) is 1. The molecule has 5 rings (SSSR count). The van der Waals surface area contributed by atoms with Gasteiger partial charge in [-0.3, -0.25) is 9.89 Å². The number of fused-ring (bicyclic) bond motifs is 2. The first-order valence-corrected chi connectivity index (χ1v) is 12.4. The molecule has 5 N–H and O–H groups in total. The molecule has 0 aliphatic rings. The van der Waals surface area contributed by atoms with E-state index in [9.17, 15) is 22.4 Å². The second-order valence-electron chi connectivity index (χ2n) is 9.68. The van der Waals surface area contributed by atoms with Crippen LogP contribution in [0.25, 0.3) is 27.5 Å². The van der Waals surface area contributed by atoms with Crippen molar-refractivity contribution < 1.29 is 32.3 Å². The molecule has 11 nitrogen and oxygen atoms in total. The minimum atomic E-state index is -5.08. The van der Waals surface area contributed by atoms with Crippen LogP contribution < -0.4 is 11.1 Å². The molecule has 0 aliphatic heterocycles. The molecular formula is C27H26F4N8O3. The monoisotopic (exact) mass is 586 g/mol. The van der Waals surface area contributed by atoms with Crippen molar-refractivity contribution >= 4 is 45.7 Å². The third-order valence-electron chi connectivity index (χ3n) is 6.15. The number of hydrogen-bond acceptors (Lipinski definition) is 7. The maximum atomic E-state index is 14.8. The summed E-state index contributed by atoms with van der Waals surface area (Å²) in [4.78, 5) is 26.8. The number of carboxylic acids is 1. The Labute approximate surface area is 236 Å². The lowest BCUT2D eigenvalue weighted by Crippen LogP contribution is -2.21. The van der Waals surface area contributed by atoms with E-state index in [1.165, 1.54) is 17.0 Å². The van der Waals surface area contributed by atoms with E-state index in [2.05, 4.69) is 45.5 Å². The number of rotatable bonds is 5. The number of aromatic amines is 1. The maximum absolute atomic E-state index is 14.8. The van der Waals surface area contributed by atoms with Crippen LogP contribution in [0.3, 0.4) is 0 Å². The van der Waals surface area contributed by atoms with Crippen LogP contribution in [-0.4, -0.2) is 66.9 Å². The quantitative estimate of drug-likeness (QED) is 0.205. The predicted octanol–water partition coefficient (Wildman–Crippen LogP) is 5.20. The van der Waals surface area contributed by atoms with Gasteiger partial charge >= 0.3 is 12.1 Å². The SMILES string of the molecule is CC(C)c1cc(-c2cccc3[nH]ncc23)c2c(N)nc(Nc3ccc(C(=O)N(C)C)cc3F)nn12.O=C(O)C(F)(F)F. The summed E-state index contributed by atoms with van der Waals surface area (Å²) in [5.74, 6) is -3.10. The molecule has 0 unspecified atom stereocenters. The topological polar surface area (TPSA) is 155 Å². The highest BCUT2D eigenvalue weighted by molar-refractivity contribution is 6.01. The molecule has 1 amide bonds. The van der Waals surface area contributed by atoms with Gasteiger partial charge in [0, 0.05) is 36.3 Å². The summed E-state index contributed by atoms with van der Waals surface area (Å²) in [6.07, 6.45) is -3.30. The zero-order valence-corrected chi connectivity index (χ0v) is 22.8. The lowest BCUT2D eigenvalue weighted by Gasteiger charge is -2.13. The normalized spacial score (nSPS) is 11.5. The van der Waals surface area contributed by atoms with Crippen molar-refractivity contribution in [2.75, 3.05) is 25.1 Å². The summed E-state index contributed by atoms with van der Waals surface area (Å²) in [5, 5.41) is 22.8. The predicted molar refractivity (Wildman–Crippen MR) is 148 cm³/mol. The van der Waals surface area contributed by atoms with Crippen LogP contribution in [0, 0.1) is 5.82 Å². The van der Waals surface area contributed by atoms with E-state index in [-0.39, 0.29) is 34.8 Å². The summed E-state index contributed by atoms with van der Waals surface area (Å²) in [7, 11) is 3.23. The number of nitrogens with two attached hydrogens (primary N) is 1. The highest BCUT2D eigenvalue weighted by Gasteiger charge is 2.38. The minimum absolute atomic E-state index is 0.134. The number of alkyl halides is 3. The Balaban J connectivity index is 0.000000517. The van der Waals surface area contributed by atoms with Gasteiger partial charge in [0.05, 0.1) is 17.4 Å². The van der Waals surface area contributed by atoms with E-state index in [0.29, 0.717) is 5.52 Å². The standard InChI is InChI=1S/C25H25FN8O.C2HF3O2/c1-13(2)21-11-16(15-6-5-7-19-17(15)12-28-31-19)22-23(27)30-25(32-34(21)22)29-20-9-8-14(10-18(20)26)24(35)33(3)4;3-2(4,5)1(6)7/h5-13H,1-4H3,(H,28,31)(H3,27,29,30,32);(H,6,7). The van der Waals surface area contributed by atoms with Gasteiger partial charge in [-0.05, 0) is 41.8 Å². The zero-order chi connectivity index (χ0) is 30.9. The first kappa shape index (κ1) is 29.8. The molecule has 0 fully saturated rings. The summed E-state index contributed by atoms with van der Waals surface area (Å²) in [6.45, 7) is 4.13. The van der Waals surface area contributed by atoms with Gasteiger partial charge in [0.1, 0.15) is 11.3 Å². The molecule has 15 heteroatoms. The Bertz CT molecular complexity index is 1790. The fourth-order valence-electron chi connectivity index (χ4n) is 4.16. The lowest BCUT2D eigenvalue weighted by molar-refractivity contribution is -0.192. The minimum Gasteiger partial charge on any atom is -0.475 e. The van der Waals surface area contributed by atoms with Crippen LogP contribution in [0.15, 0.2) is 48.7 Å². The van der Waals surface area contributed by atoms with Gasteiger partial charge in [0.2, 0.25) is 5.95 Å². The number of carbonyl (C=O) groups excluding carboxylic acids is 1. The third kappa shape index (κ3) is 5.94. The van der Waals surface area contributed by atoms with Crippen LogP contribution in [0.2, 0.25) is 0 Å². The largest absolute Gasteiger partial charge is 0.490 e. The average Bonchev–Trinajstić information content (AvgIpc) is 3.54. The molecule has 0 saturated carbocycles. The van der Waals surface area contributed by atoms with Gasteiger partial charge in [-0.1, -0.05) is 26.0 Å². The number of carbonyl (C=O) groups is 2. The Morgan fingerprint density at radius 2 is 1.81 bits per heavy atom. The van der Waals surface area contributed by atoms with Crippen molar-refractivity contribution in [3.05, 3.63) is 65.7 Å². The molecule has 2 aromatic carbocycles. The van der Waals surface area contributed by atoms with Crippen molar-refractivity contribution in [1.82, 2.24) is 29.7 Å². The summed E-state index contributed by atoms with van der Waals surface area (Å²) in [6, 6.07) is 12.2. The van der Waals surface area contributed by atoms with Crippen LogP contribution in [-0.2, 0) is 4.79 Å². The molecule has 3 heterocycles. The van der Waals surface area contributed by atoms with E-state index in [1.54, 1.807) is 30.9 Å². The van der Waals surface area contributed by atoms with E-state index in [0.717, 1.165) is 27.7 Å². The van der Waals surface area contributed by atoms with E-state index in [1.807, 2.05) is 18.2 Å². The van der Waals surface area contributed by atoms with Crippen LogP contribution in [0.5, 0.6) is 0 Å². The second kappa shape index (κ2) is 11.3. The molecule has 0 aliphatic carbocycles. The maximum Gasteiger partial charge on any atom is 0.490 e. The molecule has 220 valence electrons. The van der Waals surface area contributed by atoms with Crippen LogP contribution >= 0.6 is 0 Å². The highest BCUT2D eigenvalue weighted by atomic mass is 19.4. The van der Waals surface area contributed by atoms with Gasteiger partial charge in [-0.25, -0.2) is 13.7 Å². The Morgan fingerprint density at radius 3 is 2.40 bits per heavy atom. The summed E-state index contributed by atoms with van der Waals surface area (Å²) >= 11 is 0. The number of H-pyrrole nitrogens is 1. The molecule has 0 spiro atoms. The number of amides is 1. The van der Waals surface area contributed by atoms with E-state index in [4.69, 9.17) is 15.6 Å². The van der Waals surface area contributed by atoms with Crippen molar-refractivity contribution in [3.63, 3.8) is 0 Å². The van der Waals surface area contributed by atoms with Gasteiger partial charge in [0.25, 0.3) is 5.91 Å². The lowest BCUT2D eigenvalue weighted by atomic mass is 10.0. The van der Waals surface area contributed by atoms with E-state index < -0.39 is 18.0 Å². The number of aliphatic carboxylic acids is 1. The summed E-state index contributed by atoms with van der Waals surface area (Å²) < 4.78 is 48.3. The van der Waals surface area contributed by atoms with Crippen LogP contribution in [0.4, 0.5) is 35.0 Å². The van der Waals surface area contributed by atoms with E-state index >= 15 is 0 Å². The molecular weight excluding hydrogens is 560 g/mol. The fourth-order valence-corrected chi connectivity index (χ4v) is 4.16. The number of nitrogen functional groups attached to an aromatic ring is 1. The second-order valence-corrected chi connectivity index (χ2v) is 9.68. The molecule has 0 atom stereocenters. The number of nitrogens with zero attached hydrogens (tertiary/aromatic N) is 5. The Hall–Kier alpha value is -5.21. The zero-order valence-electron chi connectivity index (χ0n) is 22.8. The smallest absolute Gasteiger partial charge is 0.475 e. The average molecular weight is 587 g/mol. The fraction of sp³-hybridized carbons (Fsp3) is 0.222. The molecule has 0 radical (unpaired) electrons. The number of halogens is 4. The number of nitrogens with one attached hydrogen (secondary N) is 2. The number of hydrogen-bond donors (Lipinski definition) is 4. The van der Waals surface area contributed by atoms with Crippen molar-refractivity contribution in [1.29, 1.82) is 0 Å². The molecule has 3 aromatic heterocycles. The van der Waals surface area contributed by atoms with Gasteiger partial charge in [-0.2, -0.15) is 23.3 Å². The molecule has 0 bridgehead atoms. The van der Waals surface area contributed by atoms with Crippen molar-refractivity contribution in [2.45, 2.75) is 25.9 Å². The van der Waals surface area contributed by atoms with Crippen molar-refractivity contribution in [3.8, 4) is 11.1 Å². The molecule has 0 saturated heterocycles. The van der Waals surface area contributed by atoms with Gasteiger partial charge < -0.3 is 21.1 Å². The van der Waals surface area contributed by atoms with Crippen molar-refractivity contribution in [2.24, 2.45) is 0 Å². The summed E-state index contributed by atoms with van der Waals surface area (Å²) in [5.41, 5.74) is 11.2. The number of benzene rings is 2. The highest BCUT2D eigenvalue weighted by Crippen LogP contribution is 2.37.